The molecule has 1 aromatic rings. The van der Waals surface area contributed by atoms with E-state index in [0.29, 0.717) is 19.5 Å². The predicted octanol–water partition coefficient (Wildman–Crippen LogP) is 0.709. The molecule has 1 aliphatic heterocycles. The van der Waals surface area contributed by atoms with Crippen molar-refractivity contribution in [1.82, 2.24) is 15.2 Å². The monoisotopic (exact) mass is 247 g/mol. The van der Waals surface area contributed by atoms with Gasteiger partial charge in [0.2, 0.25) is 11.8 Å². The number of carbonyl (C=O) groups is 2. The van der Waals surface area contributed by atoms with Crippen LogP contribution in [0.4, 0.5) is 0 Å². The molecule has 5 heteroatoms. The summed E-state index contributed by atoms with van der Waals surface area (Å²) in [5.41, 5.74) is 0.131. The van der Waals surface area contributed by atoms with Crippen molar-refractivity contribution in [3.8, 4) is 0 Å². The second kappa shape index (κ2) is 4.76. The van der Waals surface area contributed by atoms with Crippen molar-refractivity contribution in [1.29, 1.82) is 0 Å². The van der Waals surface area contributed by atoms with Crippen LogP contribution in [0.1, 0.15) is 25.8 Å². The van der Waals surface area contributed by atoms with Gasteiger partial charge in [0.05, 0.1) is 0 Å². The second-order valence-corrected chi connectivity index (χ2v) is 5.01. The molecule has 0 unspecified atom stereocenters. The van der Waals surface area contributed by atoms with Crippen LogP contribution >= 0.6 is 0 Å². The van der Waals surface area contributed by atoms with Crippen LogP contribution in [0, 0.1) is 0 Å². The number of nitrogens with one attached hydrogen (secondary N) is 1. The molecular weight excluding hydrogens is 230 g/mol. The lowest BCUT2D eigenvalue weighted by molar-refractivity contribution is -0.137. The minimum absolute atomic E-state index is 0.0581. The standard InChI is InChI=1S/C13H17N3O2/c1-13(2)12(18)16(7-5-11(17)15-13)9-10-4-3-6-14-8-10/h3-4,6,8H,5,7,9H2,1-2H3,(H,15,17). The summed E-state index contributed by atoms with van der Waals surface area (Å²) in [5.74, 6) is -0.140. The Morgan fingerprint density at radius 3 is 2.89 bits per heavy atom. The second-order valence-electron chi connectivity index (χ2n) is 5.01. The number of hydrogen-bond donors (Lipinski definition) is 1. The van der Waals surface area contributed by atoms with Crippen molar-refractivity contribution >= 4 is 11.8 Å². The molecular formula is C13H17N3O2. The lowest BCUT2D eigenvalue weighted by Gasteiger charge is -2.28. The molecule has 5 nitrogen and oxygen atoms in total. The van der Waals surface area contributed by atoms with Crippen LogP contribution in [0.3, 0.4) is 0 Å². The van der Waals surface area contributed by atoms with E-state index in [2.05, 4.69) is 10.3 Å². The topological polar surface area (TPSA) is 62.3 Å². The van der Waals surface area contributed by atoms with Gasteiger partial charge < -0.3 is 10.2 Å². The Hall–Kier alpha value is -1.91. The Morgan fingerprint density at radius 1 is 1.44 bits per heavy atom. The third-order valence-corrected chi connectivity index (χ3v) is 2.98. The van der Waals surface area contributed by atoms with Gasteiger partial charge >= 0.3 is 0 Å². The molecule has 2 amide bonds. The maximum Gasteiger partial charge on any atom is 0.248 e. The first-order valence-electron chi connectivity index (χ1n) is 5.98. The molecule has 0 bridgehead atoms. The van der Waals surface area contributed by atoms with Crippen molar-refractivity contribution in [3.05, 3.63) is 30.1 Å². The minimum Gasteiger partial charge on any atom is -0.342 e. The van der Waals surface area contributed by atoms with E-state index < -0.39 is 5.54 Å². The largest absolute Gasteiger partial charge is 0.342 e. The zero-order valence-electron chi connectivity index (χ0n) is 10.6. The molecule has 1 N–H and O–H groups in total. The van der Waals surface area contributed by atoms with Crippen molar-refractivity contribution in [3.63, 3.8) is 0 Å². The Bertz CT molecular complexity index is 457. The van der Waals surface area contributed by atoms with E-state index in [9.17, 15) is 9.59 Å². The molecule has 0 atom stereocenters. The quantitative estimate of drug-likeness (QED) is 0.837. The SMILES string of the molecule is CC1(C)NC(=O)CCN(Cc2cccnc2)C1=O. The minimum atomic E-state index is -0.838. The average molecular weight is 247 g/mol. The van der Waals surface area contributed by atoms with E-state index in [-0.39, 0.29) is 11.8 Å². The molecule has 18 heavy (non-hydrogen) atoms. The lowest BCUT2D eigenvalue weighted by Crippen LogP contribution is -2.52. The molecule has 0 aliphatic carbocycles. The summed E-state index contributed by atoms with van der Waals surface area (Å²) in [5, 5.41) is 2.74. The number of rotatable bonds is 2. The molecule has 2 heterocycles. The van der Waals surface area contributed by atoms with Gasteiger partial charge in [0, 0.05) is 31.9 Å². The summed E-state index contributed by atoms with van der Waals surface area (Å²) < 4.78 is 0. The fourth-order valence-corrected chi connectivity index (χ4v) is 2.06. The highest BCUT2D eigenvalue weighted by Crippen LogP contribution is 2.15. The molecule has 0 aromatic carbocycles. The van der Waals surface area contributed by atoms with Crippen LogP contribution < -0.4 is 5.32 Å². The van der Waals surface area contributed by atoms with Gasteiger partial charge in [0.1, 0.15) is 5.54 Å². The zero-order chi connectivity index (χ0) is 13.2. The molecule has 1 aromatic heterocycles. The first kappa shape index (κ1) is 12.5. The molecule has 2 rings (SSSR count). The average Bonchev–Trinajstić information content (AvgIpc) is 2.42. The van der Waals surface area contributed by atoms with Crippen molar-refractivity contribution in [2.45, 2.75) is 32.4 Å². The van der Waals surface area contributed by atoms with Crippen LogP contribution in [-0.2, 0) is 16.1 Å². The van der Waals surface area contributed by atoms with Crippen LogP contribution in [0.5, 0.6) is 0 Å². The van der Waals surface area contributed by atoms with Gasteiger partial charge in [0.25, 0.3) is 0 Å². The van der Waals surface area contributed by atoms with Crippen molar-refractivity contribution in [2.24, 2.45) is 0 Å². The van der Waals surface area contributed by atoms with Crippen LogP contribution in [0.25, 0.3) is 0 Å². The molecule has 0 spiro atoms. The van der Waals surface area contributed by atoms with Crippen LogP contribution in [0.15, 0.2) is 24.5 Å². The Balaban J connectivity index is 2.17. The summed E-state index contributed by atoms with van der Waals surface area (Å²) in [6.07, 6.45) is 3.78. The molecule has 0 saturated carbocycles. The third-order valence-electron chi connectivity index (χ3n) is 2.98. The highest BCUT2D eigenvalue weighted by molar-refractivity contribution is 5.92. The Morgan fingerprint density at radius 2 is 2.22 bits per heavy atom. The maximum absolute atomic E-state index is 12.3. The summed E-state index contributed by atoms with van der Waals surface area (Å²) in [4.78, 5) is 29.6. The zero-order valence-corrected chi connectivity index (χ0v) is 10.6. The highest BCUT2D eigenvalue weighted by Gasteiger charge is 2.36. The van der Waals surface area contributed by atoms with Gasteiger partial charge in [-0.2, -0.15) is 0 Å². The molecule has 1 fully saturated rings. The van der Waals surface area contributed by atoms with E-state index in [1.165, 1.54) is 0 Å². The van der Waals surface area contributed by atoms with E-state index >= 15 is 0 Å². The van der Waals surface area contributed by atoms with Gasteiger partial charge in [-0.25, -0.2) is 0 Å². The van der Waals surface area contributed by atoms with Crippen molar-refractivity contribution < 1.29 is 9.59 Å². The van der Waals surface area contributed by atoms with Gasteiger partial charge in [0.15, 0.2) is 0 Å². The number of nitrogens with zero attached hydrogens (tertiary/aromatic N) is 2. The van der Waals surface area contributed by atoms with Crippen molar-refractivity contribution in [2.75, 3.05) is 6.54 Å². The van der Waals surface area contributed by atoms with Gasteiger partial charge in [-0.15, -0.1) is 0 Å². The van der Waals surface area contributed by atoms with E-state index in [1.807, 2.05) is 12.1 Å². The Labute approximate surface area is 106 Å². The summed E-state index contributed by atoms with van der Waals surface area (Å²) >= 11 is 0. The first-order chi connectivity index (χ1) is 8.49. The lowest BCUT2D eigenvalue weighted by atomic mass is 10.0. The number of amides is 2. The van der Waals surface area contributed by atoms with Gasteiger partial charge in [-0.05, 0) is 25.5 Å². The molecule has 0 radical (unpaired) electrons. The fourth-order valence-electron chi connectivity index (χ4n) is 2.06. The first-order valence-corrected chi connectivity index (χ1v) is 5.98. The Kier molecular flexibility index (Phi) is 3.32. The molecule has 1 aliphatic rings. The maximum atomic E-state index is 12.3. The number of pyridine rings is 1. The van der Waals surface area contributed by atoms with Gasteiger partial charge in [-0.3, -0.25) is 14.6 Å². The van der Waals surface area contributed by atoms with E-state index in [0.717, 1.165) is 5.56 Å². The number of carbonyl (C=O) groups excluding carboxylic acids is 2. The van der Waals surface area contributed by atoms with Crippen LogP contribution in [0.2, 0.25) is 0 Å². The summed E-state index contributed by atoms with van der Waals surface area (Å²) in [6.45, 7) is 4.40. The van der Waals surface area contributed by atoms with E-state index in [4.69, 9.17) is 0 Å². The summed E-state index contributed by atoms with van der Waals surface area (Å²) in [6, 6.07) is 3.76. The smallest absolute Gasteiger partial charge is 0.248 e. The highest BCUT2D eigenvalue weighted by atomic mass is 16.2. The number of hydrogen-bond acceptors (Lipinski definition) is 3. The van der Waals surface area contributed by atoms with E-state index in [1.54, 1.807) is 31.1 Å². The number of aromatic nitrogens is 1. The summed E-state index contributed by atoms with van der Waals surface area (Å²) in [7, 11) is 0. The van der Waals surface area contributed by atoms with Crippen LogP contribution in [-0.4, -0.2) is 33.8 Å². The third kappa shape index (κ3) is 2.67. The molecule has 1 saturated heterocycles. The van der Waals surface area contributed by atoms with Gasteiger partial charge in [-0.1, -0.05) is 6.07 Å². The fraction of sp³-hybridized carbons (Fsp3) is 0.462. The molecule has 96 valence electrons. The normalized spacial score (nSPS) is 19.3. The predicted molar refractivity (Wildman–Crippen MR) is 66.5 cm³/mol.